The Hall–Kier alpha value is -2.62. The lowest BCUT2D eigenvalue weighted by atomic mass is 10.1. The molecular formula is C17H17N3O. The molecule has 0 aliphatic rings. The molecular weight excluding hydrogens is 262 g/mol. The van der Waals surface area contributed by atoms with Crippen LogP contribution in [0.15, 0.2) is 42.5 Å². The highest BCUT2D eigenvalue weighted by atomic mass is 16.1. The van der Waals surface area contributed by atoms with Crippen LogP contribution in [0, 0.1) is 0 Å². The molecule has 0 amide bonds. The number of rotatable bonds is 5. The number of nitrogens with zero attached hydrogens (tertiary/aromatic N) is 1. The number of hydrogen-bond acceptors (Lipinski definition) is 3. The molecule has 4 nitrogen and oxygen atoms in total. The quantitative estimate of drug-likeness (QED) is 0.556. The third-order valence-electron chi connectivity index (χ3n) is 3.59. The van der Waals surface area contributed by atoms with Crippen molar-refractivity contribution >= 4 is 23.0 Å². The summed E-state index contributed by atoms with van der Waals surface area (Å²) in [7, 11) is 0. The number of aromatic amines is 1. The molecule has 3 aromatic rings. The molecule has 3 N–H and O–H groups in total. The molecule has 0 saturated heterocycles. The molecule has 0 saturated carbocycles. The smallest absolute Gasteiger partial charge is 0.150 e. The molecule has 3 rings (SSSR count). The normalized spacial score (nSPS) is 10.9. The predicted octanol–water partition coefficient (Wildman–Crippen LogP) is 3.13. The molecule has 0 atom stereocenters. The fourth-order valence-electron chi connectivity index (χ4n) is 2.45. The van der Waals surface area contributed by atoms with Crippen LogP contribution in [-0.4, -0.2) is 16.3 Å². The van der Waals surface area contributed by atoms with Gasteiger partial charge in [-0.05, 0) is 30.5 Å². The average molecular weight is 279 g/mol. The summed E-state index contributed by atoms with van der Waals surface area (Å²) in [5, 5.41) is 0. The monoisotopic (exact) mass is 279 g/mol. The second-order valence-electron chi connectivity index (χ2n) is 5.14. The molecule has 0 unspecified atom stereocenters. The van der Waals surface area contributed by atoms with E-state index in [-0.39, 0.29) is 0 Å². The molecule has 106 valence electrons. The average Bonchev–Trinajstić information content (AvgIpc) is 2.92. The van der Waals surface area contributed by atoms with Gasteiger partial charge in [0.1, 0.15) is 17.6 Å². The van der Waals surface area contributed by atoms with Crippen molar-refractivity contribution in [2.45, 2.75) is 19.3 Å². The van der Waals surface area contributed by atoms with Crippen molar-refractivity contribution in [1.29, 1.82) is 0 Å². The number of nitrogens with two attached hydrogens (primary N) is 1. The first-order valence-corrected chi connectivity index (χ1v) is 7.03. The number of aryl methyl sites for hydroxylation is 2. The van der Waals surface area contributed by atoms with Crippen LogP contribution in [0.5, 0.6) is 0 Å². The van der Waals surface area contributed by atoms with Crippen LogP contribution in [0.2, 0.25) is 0 Å². The molecule has 21 heavy (non-hydrogen) atoms. The number of imidazole rings is 1. The van der Waals surface area contributed by atoms with Gasteiger partial charge >= 0.3 is 0 Å². The zero-order valence-corrected chi connectivity index (χ0v) is 11.7. The number of carbonyl (C=O) groups is 1. The van der Waals surface area contributed by atoms with Gasteiger partial charge in [0.15, 0.2) is 0 Å². The Kier molecular flexibility index (Phi) is 3.69. The third kappa shape index (κ3) is 2.94. The first-order valence-electron chi connectivity index (χ1n) is 7.03. The number of anilines is 1. The van der Waals surface area contributed by atoms with E-state index in [4.69, 9.17) is 5.73 Å². The van der Waals surface area contributed by atoms with Crippen LogP contribution >= 0.6 is 0 Å². The first kappa shape index (κ1) is 13.4. The number of fused-ring (bicyclic) bond motifs is 1. The molecule has 2 aromatic carbocycles. The lowest BCUT2D eigenvalue weighted by Gasteiger charge is -2.00. The fraction of sp³-hybridized carbons (Fsp3) is 0.176. The minimum atomic E-state index is 0.708. The number of H-pyrrole nitrogens is 1. The van der Waals surface area contributed by atoms with Crippen molar-refractivity contribution in [2.75, 3.05) is 5.73 Å². The standard InChI is InChI=1S/C17H17N3O/c18-14-4-2-5-15-17(14)20-16(19-15)6-1-3-12-7-9-13(11-21)10-8-12/h2,4-5,7-11H,1,3,6,18H2,(H,19,20). The number of nitrogens with one attached hydrogen (secondary N) is 1. The van der Waals surface area contributed by atoms with E-state index in [0.29, 0.717) is 11.3 Å². The molecule has 4 heteroatoms. The molecule has 1 aromatic heterocycles. The highest BCUT2D eigenvalue weighted by Crippen LogP contribution is 2.19. The Morgan fingerprint density at radius 1 is 1.10 bits per heavy atom. The SMILES string of the molecule is Nc1cccc2[nH]c(CCCc3ccc(C=O)cc3)nc12. The predicted molar refractivity (Wildman–Crippen MR) is 84.4 cm³/mol. The van der Waals surface area contributed by atoms with Crippen molar-refractivity contribution in [3.8, 4) is 0 Å². The van der Waals surface area contributed by atoms with E-state index < -0.39 is 0 Å². The minimum Gasteiger partial charge on any atom is -0.397 e. The number of aromatic nitrogens is 2. The van der Waals surface area contributed by atoms with Crippen molar-refractivity contribution in [3.05, 3.63) is 59.4 Å². The van der Waals surface area contributed by atoms with Crippen LogP contribution in [0.1, 0.15) is 28.2 Å². The van der Waals surface area contributed by atoms with Crippen LogP contribution in [0.25, 0.3) is 11.0 Å². The summed E-state index contributed by atoms with van der Waals surface area (Å²) in [6.45, 7) is 0. The number of carbonyl (C=O) groups excluding carboxylic acids is 1. The lowest BCUT2D eigenvalue weighted by molar-refractivity contribution is 0.112. The maximum atomic E-state index is 10.6. The zero-order valence-electron chi connectivity index (χ0n) is 11.7. The highest BCUT2D eigenvalue weighted by molar-refractivity contribution is 5.86. The maximum absolute atomic E-state index is 10.6. The third-order valence-corrected chi connectivity index (χ3v) is 3.59. The summed E-state index contributed by atoms with van der Waals surface area (Å²) in [6.07, 6.45) is 3.71. The molecule has 1 heterocycles. The first-order chi connectivity index (χ1) is 10.3. The van der Waals surface area contributed by atoms with E-state index in [0.717, 1.165) is 42.4 Å². The number of benzene rings is 2. The maximum Gasteiger partial charge on any atom is 0.150 e. The Morgan fingerprint density at radius 2 is 1.90 bits per heavy atom. The van der Waals surface area contributed by atoms with Gasteiger partial charge in [0.25, 0.3) is 0 Å². The second-order valence-corrected chi connectivity index (χ2v) is 5.14. The molecule has 0 fully saturated rings. The van der Waals surface area contributed by atoms with E-state index in [1.54, 1.807) is 0 Å². The van der Waals surface area contributed by atoms with E-state index in [1.165, 1.54) is 5.56 Å². The van der Waals surface area contributed by atoms with Crippen LogP contribution in [-0.2, 0) is 12.8 Å². The van der Waals surface area contributed by atoms with Crippen molar-refractivity contribution < 1.29 is 4.79 Å². The second kappa shape index (κ2) is 5.79. The Bertz CT molecular complexity index is 759. The van der Waals surface area contributed by atoms with Gasteiger partial charge in [-0.3, -0.25) is 4.79 Å². The van der Waals surface area contributed by atoms with Crippen molar-refractivity contribution in [2.24, 2.45) is 0 Å². The van der Waals surface area contributed by atoms with Crippen LogP contribution in [0.4, 0.5) is 5.69 Å². The van der Waals surface area contributed by atoms with Gasteiger partial charge in [0.05, 0.1) is 11.2 Å². The Morgan fingerprint density at radius 3 is 2.62 bits per heavy atom. The Balaban J connectivity index is 1.63. The van der Waals surface area contributed by atoms with E-state index in [2.05, 4.69) is 9.97 Å². The minimum absolute atomic E-state index is 0.708. The summed E-state index contributed by atoms with van der Waals surface area (Å²) < 4.78 is 0. The van der Waals surface area contributed by atoms with Gasteiger partial charge in [-0.15, -0.1) is 0 Å². The number of aldehydes is 1. The number of para-hydroxylation sites is 1. The summed E-state index contributed by atoms with van der Waals surface area (Å²) >= 11 is 0. The number of nitrogen functional groups attached to an aromatic ring is 1. The largest absolute Gasteiger partial charge is 0.397 e. The van der Waals surface area contributed by atoms with E-state index >= 15 is 0 Å². The lowest BCUT2D eigenvalue weighted by Crippen LogP contribution is -1.92. The summed E-state index contributed by atoms with van der Waals surface area (Å²) in [6, 6.07) is 13.5. The van der Waals surface area contributed by atoms with Crippen molar-refractivity contribution in [3.63, 3.8) is 0 Å². The zero-order chi connectivity index (χ0) is 14.7. The van der Waals surface area contributed by atoms with Crippen molar-refractivity contribution in [1.82, 2.24) is 9.97 Å². The summed E-state index contributed by atoms with van der Waals surface area (Å²) in [5.41, 5.74) is 10.4. The van der Waals surface area contributed by atoms with Gasteiger partial charge in [0, 0.05) is 12.0 Å². The molecule has 0 aliphatic heterocycles. The van der Waals surface area contributed by atoms with Gasteiger partial charge in [0.2, 0.25) is 0 Å². The van der Waals surface area contributed by atoms with Gasteiger partial charge in [-0.25, -0.2) is 4.98 Å². The fourth-order valence-corrected chi connectivity index (χ4v) is 2.45. The van der Waals surface area contributed by atoms with E-state index in [1.807, 2.05) is 42.5 Å². The van der Waals surface area contributed by atoms with Gasteiger partial charge in [-0.1, -0.05) is 30.3 Å². The molecule has 0 spiro atoms. The summed E-state index contributed by atoms with van der Waals surface area (Å²) in [5.74, 6) is 0.965. The highest BCUT2D eigenvalue weighted by Gasteiger charge is 2.05. The molecule has 0 radical (unpaired) electrons. The van der Waals surface area contributed by atoms with Crippen LogP contribution < -0.4 is 5.73 Å². The van der Waals surface area contributed by atoms with Crippen LogP contribution in [0.3, 0.4) is 0 Å². The topological polar surface area (TPSA) is 71.8 Å². The number of hydrogen-bond donors (Lipinski definition) is 2. The summed E-state index contributed by atoms with van der Waals surface area (Å²) in [4.78, 5) is 18.5. The van der Waals surface area contributed by atoms with E-state index in [9.17, 15) is 4.79 Å². The van der Waals surface area contributed by atoms with Gasteiger partial charge < -0.3 is 10.7 Å². The molecule has 0 aliphatic carbocycles. The Labute approximate surface area is 123 Å². The molecule has 0 bridgehead atoms. The van der Waals surface area contributed by atoms with Gasteiger partial charge in [-0.2, -0.15) is 0 Å².